The molecule has 2 saturated heterocycles. The van der Waals surface area contributed by atoms with Crippen LogP contribution in [0.25, 0.3) is 0 Å². The molecule has 5 fully saturated rings. The van der Waals surface area contributed by atoms with E-state index in [0.717, 1.165) is 5.56 Å². The van der Waals surface area contributed by atoms with Crippen molar-refractivity contribution in [2.24, 2.45) is 46.3 Å². The Kier molecular flexibility index (Phi) is 9.82. The molecule has 0 bridgehead atoms. The van der Waals surface area contributed by atoms with Gasteiger partial charge in [0.25, 0.3) is 0 Å². The molecule has 288 valence electrons. The van der Waals surface area contributed by atoms with E-state index in [0.29, 0.717) is 81.5 Å². The first-order chi connectivity index (χ1) is 24.5. The zero-order chi connectivity index (χ0) is 37.5. The van der Waals surface area contributed by atoms with Crippen LogP contribution >= 0.6 is 0 Å². The van der Waals surface area contributed by atoms with Crippen molar-refractivity contribution in [2.45, 2.75) is 141 Å². The maximum Gasteiger partial charge on any atom is 0.230 e. The smallest absolute Gasteiger partial charge is 0.230 e. The van der Waals surface area contributed by atoms with E-state index in [-0.39, 0.29) is 72.8 Å². The van der Waals surface area contributed by atoms with Crippen LogP contribution in [0.1, 0.15) is 104 Å². The van der Waals surface area contributed by atoms with E-state index in [1.807, 2.05) is 19.9 Å². The minimum Gasteiger partial charge on any atom is -0.508 e. The quantitative estimate of drug-likeness (QED) is 0.181. The highest BCUT2D eigenvalue weighted by Crippen LogP contribution is 2.70. The largest absolute Gasteiger partial charge is 0.508 e. The average molecular weight is 724 g/mol. The first-order valence-electron chi connectivity index (χ1n) is 20.0. The molecule has 6 N–H and O–H groups in total. The fourth-order valence-corrected chi connectivity index (χ4v) is 12.1. The third kappa shape index (κ3) is 5.90. The molecule has 10 nitrogen and oxygen atoms in total. The number of phenolic OH excluding ortho intramolecular Hbond substituents is 1. The number of aliphatic hydroxyl groups is 5. The van der Waals surface area contributed by atoms with Crippen molar-refractivity contribution >= 4 is 17.4 Å². The van der Waals surface area contributed by atoms with Crippen LogP contribution in [0.15, 0.2) is 29.8 Å². The monoisotopic (exact) mass is 723 g/mol. The number of epoxide rings is 1. The minimum absolute atomic E-state index is 0.00106. The van der Waals surface area contributed by atoms with E-state index in [2.05, 4.69) is 20.8 Å². The van der Waals surface area contributed by atoms with E-state index < -0.39 is 40.2 Å². The molecule has 1 amide bonds. The lowest BCUT2D eigenvalue weighted by molar-refractivity contribution is -0.168. The van der Waals surface area contributed by atoms with E-state index in [1.54, 1.807) is 23.1 Å². The molecular formula is C42H61NO9. The zero-order valence-corrected chi connectivity index (χ0v) is 31.6. The van der Waals surface area contributed by atoms with Crippen molar-refractivity contribution in [2.75, 3.05) is 18.1 Å². The Morgan fingerprint density at radius 1 is 1.04 bits per heavy atom. The molecule has 13 atom stereocenters. The van der Waals surface area contributed by atoms with Crippen molar-refractivity contribution in [3.05, 3.63) is 35.4 Å². The predicted molar refractivity (Wildman–Crippen MR) is 195 cm³/mol. The average Bonchev–Trinajstić information content (AvgIpc) is 3.73. The molecule has 2 heterocycles. The zero-order valence-electron chi connectivity index (χ0n) is 31.6. The van der Waals surface area contributed by atoms with Crippen molar-refractivity contribution in [3.8, 4) is 5.75 Å². The number of nitrogens with zero attached hydrogens (tertiary/aromatic N) is 1. The summed E-state index contributed by atoms with van der Waals surface area (Å²) in [4.78, 5) is 29.0. The number of ether oxygens (including phenoxy) is 1. The Labute approximate surface area is 308 Å². The number of amides is 1. The topological polar surface area (TPSA) is 171 Å². The van der Waals surface area contributed by atoms with Gasteiger partial charge in [0.05, 0.1) is 29.5 Å². The second-order valence-electron chi connectivity index (χ2n) is 18.4. The molecular weight excluding hydrogens is 662 g/mol. The van der Waals surface area contributed by atoms with Gasteiger partial charge < -0.3 is 40.3 Å². The number of ketones is 1. The molecule has 3 saturated carbocycles. The fraction of sp³-hybridized carbons (Fsp3) is 0.762. The first-order valence-corrected chi connectivity index (χ1v) is 20.0. The Balaban J connectivity index is 1.24. The van der Waals surface area contributed by atoms with Gasteiger partial charge in [-0.15, -0.1) is 0 Å². The normalized spacial score (nSPS) is 41.7. The third-order valence-corrected chi connectivity index (χ3v) is 15.4. The van der Waals surface area contributed by atoms with Gasteiger partial charge in [-0.2, -0.15) is 0 Å². The highest BCUT2D eigenvalue weighted by Gasteiger charge is 2.72. The van der Waals surface area contributed by atoms with Gasteiger partial charge in [0.1, 0.15) is 11.9 Å². The van der Waals surface area contributed by atoms with Crippen molar-refractivity contribution in [3.63, 3.8) is 0 Å². The molecule has 13 unspecified atom stereocenters. The number of aromatic hydroxyl groups is 1. The molecule has 10 heteroatoms. The third-order valence-electron chi connectivity index (χ3n) is 15.4. The lowest BCUT2D eigenvalue weighted by Crippen LogP contribution is -2.63. The van der Waals surface area contributed by atoms with Crippen LogP contribution in [-0.4, -0.2) is 91.1 Å². The van der Waals surface area contributed by atoms with Crippen LogP contribution in [0, 0.1) is 46.3 Å². The molecule has 0 aromatic heterocycles. The van der Waals surface area contributed by atoms with Crippen LogP contribution < -0.4 is 4.90 Å². The van der Waals surface area contributed by atoms with Crippen LogP contribution in [0.2, 0.25) is 0 Å². The molecule has 6 aliphatic rings. The van der Waals surface area contributed by atoms with Crippen LogP contribution in [-0.2, 0) is 20.7 Å². The van der Waals surface area contributed by atoms with Crippen molar-refractivity contribution in [1.82, 2.24) is 0 Å². The molecule has 7 rings (SSSR count). The van der Waals surface area contributed by atoms with Gasteiger partial charge in [-0.25, -0.2) is 0 Å². The summed E-state index contributed by atoms with van der Waals surface area (Å²) in [6, 6.07) is 5.28. The van der Waals surface area contributed by atoms with E-state index in [1.165, 1.54) is 0 Å². The second-order valence-corrected chi connectivity index (χ2v) is 18.4. The summed E-state index contributed by atoms with van der Waals surface area (Å²) >= 11 is 0. The van der Waals surface area contributed by atoms with Gasteiger partial charge in [-0.3, -0.25) is 9.59 Å². The molecule has 1 aromatic rings. The summed E-state index contributed by atoms with van der Waals surface area (Å²) in [5.41, 5.74) is -1.92. The highest BCUT2D eigenvalue weighted by molar-refractivity contribution is 5.97. The van der Waals surface area contributed by atoms with Gasteiger partial charge in [-0.1, -0.05) is 27.7 Å². The number of carbonyl (C=O) groups is 2. The molecule has 0 spiro atoms. The van der Waals surface area contributed by atoms with Gasteiger partial charge in [-0.05, 0) is 136 Å². The molecule has 4 aliphatic carbocycles. The van der Waals surface area contributed by atoms with Crippen LogP contribution in [0.4, 0.5) is 5.69 Å². The number of hydrogen-bond donors (Lipinski definition) is 6. The van der Waals surface area contributed by atoms with Gasteiger partial charge in [0.15, 0.2) is 5.78 Å². The minimum atomic E-state index is -1.40. The summed E-state index contributed by atoms with van der Waals surface area (Å²) in [7, 11) is 0. The molecule has 2 aliphatic heterocycles. The number of fused-ring (bicyclic) bond motifs is 5. The van der Waals surface area contributed by atoms with Crippen LogP contribution in [0.5, 0.6) is 5.75 Å². The Hall–Kier alpha value is -2.34. The van der Waals surface area contributed by atoms with Gasteiger partial charge >= 0.3 is 0 Å². The molecule has 52 heavy (non-hydrogen) atoms. The van der Waals surface area contributed by atoms with Gasteiger partial charge in [0, 0.05) is 42.2 Å². The summed E-state index contributed by atoms with van der Waals surface area (Å²) < 4.78 is 6.27. The van der Waals surface area contributed by atoms with Crippen molar-refractivity contribution < 1.29 is 45.0 Å². The number of anilines is 1. The predicted octanol–water partition coefficient (Wildman–Crippen LogP) is 4.45. The number of rotatable bonds is 11. The lowest BCUT2D eigenvalue weighted by Gasteiger charge is -2.61. The standard InChI is InChI=1S/C42H61NO9/c1-23(2)24(3)36-37(52-36)40(5,50)35-10-14-42(51)30-20-32(46)31-21-33(47)34(48)22-39(31,4)29(30)9-13-41(35,42)12-8-25-17-27(19-28(45)18-25)43-15-11-26(38(43)49)7-6-16-44/h17-20,23-24,26,29,31,33-37,44-45,47-48,50-51H,6-16,21-22H2,1-5H3. The SMILES string of the molecule is CC(C)C(C)C1OC1C(C)(O)C1CCC2(O)C3=CC(=O)C4CC(O)C(O)CC4(C)C3CCC12CCc1cc(O)cc(N2CCC(CCCO)C2=O)c1. The van der Waals surface area contributed by atoms with E-state index in [4.69, 9.17) is 4.74 Å². The Morgan fingerprint density at radius 3 is 2.50 bits per heavy atom. The highest BCUT2D eigenvalue weighted by atomic mass is 16.6. The maximum atomic E-state index is 13.9. The Bertz CT molecular complexity index is 1590. The summed E-state index contributed by atoms with van der Waals surface area (Å²) in [5.74, 6) is -0.524. The molecule has 0 radical (unpaired) electrons. The fourth-order valence-electron chi connectivity index (χ4n) is 12.1. The first kappa shape index (κ1) is 38.0. The number of phenols is 1. The van der Waals surface area contributed by atoms with Crippen LogP contribution in [0.3, 0.4) is 0 Å². The number of carbonyl (C=O) groups excluding carboxylic acids is 2. The second kappa shape index (κ2) is 13.4. The number of benzene rings is 1. The van der Waals surface area contributed by atoms with E-state index in [9.17, 15) is 40.2 Å². The summed E-state index contributed by atoms with van der Waals surface area (Å²) in [6.07, 6.45) is 4.83. The van der Waals surface area contributed by atoms with Crippen molar-refractivity contribution in [1.29, 1.82) is 0 Å². The van der Waals surface area contributed by atoms with E-state index >= 15 is 0 Å². The lowest BCUT2D eigenvalue weighted by atomic mass is 9.44. The maximum absolute atomic E-state index is 13.9. The molecule has 1 aromatic carbocycles. The number of aliphatic hydroxyl groups excluding tert-OH is 3. The number of hydrogen-bond acceptors (Lipinski definition) is 9. The van der Waals surface area contributed by atoms with Gasteiger partial charge in [0.2, 0.25) is 5.91 Å². The summed E-state index contributed by atoms with van der Waals surface area (Å²) in [6.45, 7) is 11.0. The number of aryl methyl sites for hydroxylation is 1. The number of allylic oxidation sites excluding steroid dienone is 1. The summed E-state index contributed by atoms with van der Waals surface area (Å²) in [5, 5.41) is 67.5. The Morgan fingerprint density at radius 2 is 1.79 bits per heavy atom.